The number of nitrogens with one attached hydrogen (secondary N) is 1. The van der Waals surface area contributed by atoms with Gasteiger partial charge in [-0.25, -0.2) is 9.78 Å². The first kappa shape index (κ1) is 17.5. The molecule has 0 saturated carbocycles. The van der Waals surface area contributed by atoms with E-state index in [9.17, 15) is 10.1 Å². The van der Waals surface area contributed by atoms with Crippen molar-refractivity contribution >= 4 is 17.0 Å². The van der Waals surface area contributed by atoms with Crippen LogP contribution < -0.4 is 0 Å². The Kier molecular flexibility index (Phi) is 4.61. The second-order valence-corrected chi connectivity index (χ2v) is 6.41. The van der Waals surface area contributed by atoms with E-state index in [0.717, 1.165) is 28.0 Å². The number of imidazole rings is 1. The van der Waals surface area contributed by atoms with Gasteiger partial charge in [0.15, 0.2) is 0 Å². The number of nitriles is 1. The highest BCUT2D eigenvalue weighted by Crippen LogP contribution is 2.24. The summed E-state index contributed by atoms with van der Waals surface area (Å²) < 4.78 is 4.83. The molecule has 4 aromatic rings. The molecule has 0 bridgehead atoms. The van der Waals surface area contributed by atoms with Crippen molar-refractivity contribution in [2.24, 2.45) is 0 Å². The molecule has 4 rings (SSSR count). The van der Waals surface area contributed by atoms with Crippen molar-refractivity contribution in [3.05, 3.63) is 89.2 Å². The van der Waals surface area contributed by atoms with Crippen LogP contribution in [0.5, 0.6) is 0 Å². The summed E-state index contributed by atoms with van der Waals surface area (Å²) in [6.45, 7) is 0. The van der Waals surface area contributed by atoms with Crippen LogP contribution in [0, 0.1) is 11.3 Å². The molecule has 0 aliphatic heterocycles. The van der Waals surface area contributed by atoms with Gasteiger partial charge in [0.1, 0.15) is 11.3 Å². The smallest absolute Gasteiger partial charge is 0.340 e. The Hall–Kier alpha value is -3.91. The van der Waals surface area contributed by atoms with E-state index in [2.05, 4.69) is 16.0 Å². The highest BCUT2D eigenvalue weighted by molar-refractivity contribution is 6.01. The number of methoxy groups -OCH3 is 1. The zero-order valence-electron chi connectivity index (χ0n) is 15.3. The predicted molar refractivity (Wildman–Crippen MR) is 107 cm³/mol. The average molecular weight is 367 g/mol. The molecule has 28 heavy (non-hydrogen) atoms. The molecule has 3 aromatic carbocycles. The lowest BCUT2D eigenvalue weighted by Gasteiger charge is -2.05. The maximum absolute atomic E-state index is 11.9. The van der Waals surface area contributed by atoms with Gasteiger partial charge in [0.05, 0.1) is 29.8 Å². The highest BCUT2D eigenvalue weighted by atomic mass is 16.5. The number of carbonyl (C=O) groups excluding carboxylic acids is 1. The summed E-state index contributed by atoms with van der Waals surface area (Å²) in [5, 5.41) is 9.28. The van der Waals surface area contributed by atoms with E-state index in [4.69, 9.17) is 4.74 Å². The first-order valence-electron chi connectivity index (χ1n) is 8.84. The molecule has 1 aromatic heterocycles. The molecule has 1 N–H and O–H groups in total. The number of hydrogen-bond acceptors (Lipinski definition) is 4. The number of nitrogens with zero attached hydrogens (tertiary/aromatic N) is 2. The number of aromatic nitrogens is 2. The number of fused-ring (bicyclic) bond motifs is 1. The summed E-state index contributed by atoms with van der Waals surface area (Å²) in [6, 6.07) is 23.2. The topological polar surface area (TPSA) is 78.8 Å². The van der Waals surface area contributed by atoms with Gasteiger partial charge in [0, 0.05) is 6.42 Å². The lowest BCUT2D eigenvalue weighted by molar-refractivity contribution is 0.0603. The Balaban J connectivity index is 1.62. The van der Waals surface area contributed by atoms with Crippen molar-refractivity contribution in [2.45, 2.75) is 6.42 Å². The minimum Gasteiger partial charge on any atom is -0.465 e. The number of carbonyl (C=O) groups is 1. The standard InChI is InChI=1S/C23H17N3O2/c1-28-23(27)19-7-4-8-20-22(19)26-21(25-20)13-15-9-11-16(12-10-15)18-6-3-2-5-17(18)14-24/h2-12H,13H2,1H3,(H,25,26). The number of benzene rings is 3. The molecule has 0 aliphatic carbocycles. The third-order valence-electron chi connectivity index (χ3n) is 4.65. The normalized spacial score (nSPS) is 10.6. The van der Waals surface area contributed by atoms with E-state index in [0.29, 0.717) is 23.1 Å². The number of hydrogen-bond donors (Lipinski definition) is 1. The van der Waals surface area contributed by atoms with Gasteiger partial charge >= 0.3 is 5.97 Å². The minimum absolute atomic E-state index is 0.399. The SMILES string of the molecule is COC(=O)c1cccc2[nH]c(Cc3ccc(-c4ccccc4C#N)cc3)nc12. The van der Waals surface area contributed by atoms with Crippen LogP contribution in [0.2, 0.25) is 0 Å². The van der Waals surface area contributed by atoms with Gasteiger partial charge in [0.25, 0.3) is 0 Å². The fraction of sp³-hybridized carbons (Fsp3) is 0.0870. The van der Waals surface area contributed by atoms with Crippen molar-refractivity contribution in [3.63, 3.8) is 0 Å². The number of ether oxygens (including phenoxy) is 1. The molecule has 0 amide bonds. The van der Waals surface area contributed by atoms with Gasteiger partial charge in [0.2, 0.25) is 0 Å². The van der Waals surface area contributed by atoms with Gasteiger partial charge < -0.3 is 9.72 Å². The van der Waals surface area contributed by atoms with Gasteiger partial charge in [-0.2, -0.15) is 5.26 Å². The van der Waals surface area contributed by atoms with Crippen molar-refractivity contribution in [2.75, 3.05) is 7.11 Å². The monoisotopic (exact) mass is 367 g/mol. The first-order chi connectivity index (χ1) is 13.7. The van der Waals surface area contributed by atoms with Crippen LogP contribution in [0.15, 0.2) is 66.7 Å². The van der Waals surface area contributed by atoms with Gasteiger partial charge in [-0.05, 0) is 34.9 Å². The average Bonchev–Trinajstić information content (AvgIpc) is 3.16. The summed E-state index contributed by atoms with van der Waals surface area (Å²) in [5.74, 6) is 0.376. The number of esters is 1. The number of para-hydroxylation sites is 1. The fourth-order valence-electron chi connectivity index (χ4n) is 3.27. The maximum atomic E-state index is 11.9. The molecule has 0 spiro atoms. The molecular formula is C23H17N3O2. The predicted octanol–water partition coefficient (Wildman–Crippen LogP) is 4.48. The molecule has 5 nitrogen and oxygen atoms in total. The maximum Gasteiger partial charge on any atom is 0.340 e. The quantitative estimate of drug-likeness (QED) is 0.540. The van der Waals surface area contributed by atoms with E-state index in [1.54, 1.807) is 12.1 Å². The van der Waals surface area contributed by atoms with Gasteiger partial charge in [-0.1, -0.05) is 48.5 Å². The van der Waals surface area contributed by atoms with E-state index < -0.39 is 5.97 Å². The van der Waals surface area contributed by atoms with E-state index in [-0.39, 0.29) is 0 Å². The molecular weight excluding hydrogens is 350 g/mol. The number of rotatable bonds is 4. The molecule has 0 aliphatic rings. The second-order valence-electron chi connectivity index (χ2n) is 6.41. The Morgan fingerprint density at radius 2 is 1.86 bits per heavy atom. The van der Waals surface area contributed by atoms with Crippen LogP contribution in [0.3, 0.4) is 0 Å². The summed E-state index contributed by atoms with van der Waals surface area (Å²) in [6.07, 6.45) is 0.607. The lowest BCUT2D eigenvalue weighted by atomic mass is 9.99. The first-order valence-corrected chi connectivity index (χ1v) is 8.84. The molecule has 5 heteroatoms. The van der Waals surface area contributed by atoms with E-state index in [1.807, 2.05) is 54.6 Å². The highest BCUT2D eigenvalue weighted by Gasteiger charge is 2.14. The number of aromatic amines is 1. The van der Waals surface area contributed by atoms with Crippen LogP contribution in [0.1, 0.15) is 27.3 Å². The Bertz CT molecular complexity index is 1200. The summed E-state index contributed by atoms with van der Waals surface area (Å²) in [4.78, 5) is 19.8. The molecule has 0 fully saturated rings. The van der Waals surface area contributed by atoms with Gasteiger partial charge in [-0.15, -0.1) is 0 Å². The van der Waals surface area contributed by atoms with Crippen LogP contribution >= 0.6 is 0 Å². The van der Waals surface area contributed by atoms with Crippen molar-refractivity contribution in [1.29, 1.82) is 5.26 Å². The van der Waals surface area contributed by atoms with Crippen LogP contribution in [-0.2, 0) is 11.2 Å². The summed E-state index contributed by atoms with van der Waals surface area (Å²) in [7, 11) is 1.36. The lowest BCUT2D eigenvalue weighted by Crippen LogP contribution is -2.01. The zero-order chi connectivity index (χ0) is 19.5. The molecule has 0 unspecified atom stereocenters. The van der Waals surface area contributed by atoms with Crippen molar-refractivity contribution in [3.8, 4) is 17.2 Å². The Labute approximate surface area is 162 Å². The number of H-pyrrole nitrogens is 1. The molecule has 0 atom stereocenters. The third kappa shape index (κ3) is 3.24. The summed E-state index contributed by atoms with van der Waals surface area (Å²) in [5.41, 5.74) is 5.52. The van der Waals surface area contributed by atoms with Crippen molar-refractivity contribution in [1.82, 2.24) is 9.97 Å². The van der Waals surface area contributed by atoms with Crippen LogP contribution in [0.4, 0.5) is 0 Å². The molecule has 136 valence electrons. The van der Waals surface area contributed by atoms with Gasteiger partial charge in [-0.3, -0.25) is 0 Å². The molecule has 0 radical (unpaired) electrons. The summed E-state index contributed by atoms with van der Waals surface area (Å²) >= 11 is 0. The van der Waals surface area contributed by atoms with Crippen LogP contribution in [-0.4, -0.2) is 23.0 Å². The Morgan fingerprint density at radius 3 is 2.61 bits per heavy atom. The van der Waals surface area contributed by atoms with E-state index in [1.165, 1.54) is 7.11 Å². The second kappa shape index (κ2) is 7.37. The minimum atomic E-state index is -0.399. The zero-order valence-corrected chi connectivity index (χ0v) is 15.3. The third-order valence-corrected chi connectivity index (χ3v) is 4.65. The Morgan fingerprint density at radius 1 is 1.07 bits per heavy atom. The van der Waals surface area contributed by atoms with E-state index >= 15 is 0 Å². The largest absolute Gasteiger partial charge is 0.465 e. The van der Waals surface area contributed by atoms with Crippen LogP contribution in [0.25, 0.3) is 22.2 Å². The van der Waals surface area contributed by atoms with Crippen molar-refractivity contribution < 1.29 is 9.53 Å². The fourth-order valence-corrected chi connectivity index (χ4v) is 3.27. The molecule has 1 heterocycles. The molecule has 0 saturated heterocycles.